The van der Waals surface area contributed by atoms with Crippen LogP contribution in [0.25, 0.3) is 0 Å². The predicted octanol–water partition coefficient (Wildman–Crippen LogP) is 4.10. The Morgan fingerprint density at radius 3 is 2.88 bits per heavy atom. The van der Waals surface area contributed by atoms with Gasteiger partial charge in [-0.2, -0.15) is 5.26 Å². The van der Waals surface area contributed by atoms with E-state index in [4.69, 9.17) is 21.3 Å². The molecule has 0 saturated heterocycles. The van der Waals surface area contributed by atoms with Crippen molar-refractivity contribution >= 4 is 23.4 Å². The minimum absolute atomic E-state index is 0.576. The molecule has 1 aromatic carbocycles. The van der Waals surface area contributed by atoms with Crippen LogP contribution in [0.2, 0.25) is 5.02 Å². The van der Waals surface area contributed by atoms with Crippen molar-refractivity contribution in [2.75, 3.05) is 0 Å². The summed E-state index contributed by atoms with van der Waals surface area (Å²) in [4.78, 5) is 0.956. The minimum Gasteiger partial charge on any atom is -0.468 e. The summed E-state index contributed by atoms with van der Waals surface area (Å²) < 4.78 is 5.22. The highest BCUT2D eigenvalue weighted by Crippen LogP contribution is 2.30. The van der Waals surface area contributed by atoms with Crippen molar-refractivity contribution in [1.29, 1.82) is 5.26 Å². The molecule has 80 valence electrons. The molecule has 0 aliphatic heterocycles. The van der Waals surface area contributed by atoms with Gasteiger partial charge in [-0.25, -0.2) is 0 Å². The highest BCUT2D eigenvalue weighted by atomic mass is 35.5. The number of thioether (sulfide) groups is 1. The monoisotopic (exact) mass is 249 g/mol. The van der Waals surface area contributed by atoms with E-state index in [1.165, 1.54) is 0 Å². The van der Waals surface area contributed by atoms with Crippen LogP contribution >= 0.6 is 23.4 Å². The van der Waals surface area contributed by atoms with Gasteiger partial charge in [0.2, 0.25) is 0 Å². The quantitative estimate of drug-likeness (QED) is 0.769. The lowest BCUT2D eigenvalue weighted by Gasteiger charge is -2.02. The Labute approximate surface area is 103 Å². The molecule has 0 unspecified atom stereocenters. The second-order valence-corrected chi connectivity index (χ2v) is 4.55. The first-order valence-corrected chi connectivity index (χ1v) is 6.01. The van der Waals surface area contributed by atoms with Gasteiger partial charge in [-0.1, -0.05) is 11.6 Å². The van der Waals surface area contributed by atoms with Crippen LogP contribution in [-0.4, -0.2) is 0 Å². The maximum atomic E-state index is 8.70. The first kappa shape index (κ1) is 11.1. The topological polar surface area (TPSA) is 36.9 Å². The molecule has 0 N–H and O–H groups in total. The van der Waals surface area contributed by atoms with Gasteiger partial charge < -0.3 is 4.42 Å². The zero-order valence-electron chi connectivity index (χ0n) is 8.31. The second-order valence-electron chi connectivity index (χ2n) is 3.13. The summed E-state index contributed by atoms with van der Waals surface area (Å²) in [5.74, 6) is 1.64. The number of halogens is 1. The summed E-state index contributed by atoms with van der Waals surface area (Å²) >= 11 is 7.63. The SMILES string of the molecule is N#Cc1ccc(SCc2ccco2)c(Cl)c1. The number of hydrogen-bond acceptors (Lipinski definition) is 3. The van der Waals surface area contributed by atoms with Gasteiger partial charge in [0, 0.05) is 4.90 Å². The fourth-order valence-corrected chi connectivity index (χ4v) is 2.40. The standard InChI is InChI=1S/C12H8ClNOS/c13-11-6-9(7-14)3-4-12(11)16-8-10-2-1-5-15-10/h1-6H,8H2. The molecule has 0 aliphatic rings. The molecule has 0 radical (unpaired) electrons. The van der Waals surface area contributed by atoms with Crippen LogP contribution in [0.3, 0.4) is 0 Å². The van der Waals surface area contributed by atoms with E-state index in [0.717, 1.165) is 16.4 Å². The second kappa shape index (κ2) is 5.11. The molecule has 16 heavy (non-hydrogen) atoms. The third kappa shape index (κ3) is 2.60. The molecular formula is C12H8ClNOS. The number of nitriles is 1. The third-order valence-corrected chi connectivity index (χ3v) is 3.53. The summed E-state index contributed by atoms with van der Waals surface area (Å²) in [6.45, 7) is 0. The highest BCUT2D eigenvalue weighted by molar-refractivity contribution is 7.98. The van der Waals surface area contributed by atoms with Crippen molar-refractivity contribution < 1.29 is 4.42 Å². The summed E-state index contributed by atoms with van der Waals surface area (Å²) in [6.07, 6.45) is 1.65. The zero-order valence-corrected chi connectivity index (χ0v) is 9.89. The number of benzene rings is 1. The van der Waals surface area contributed by atoms with Gasteiger partial charge in [-0.05, 0) is 30.3 Å². The Hall–Kier alpha value is -1.37. The molecule has 2 nitrogen and oxygen atoms in total. The summed E-state index contributed by atoms with van der Waals surface area (Å²) in [7, 11) is 0. The Bertz CT molecular complexity index is 516. The Morgan fingerprint density at radius 2 is 2.25 bits per heavy atom. The molecule has 0 spiro atoms. The molecule has 0 amide bonds. The predicted molar refractivity (Wildman–Crippen MR) is 64.4 cm³/mol. The van der Waals surface area contributed by atoms with Gasteiger partial charge in [0.25, 0.3) is 0 Å². The lowest BCUT2D eigenvalue weighted by Crippen LogP contribution is -1.80. The fraction of sp³-hybridized carbons (Fsp3) is 0.0833. The molecule has 0 atom stereocenters. The van der Waals surface area contributed by atoms with E-state index in [2.05, 4.69) is 6.07 Å². The maximum Gasteiger partial charge on any atom is 0.113 e. The van der Waals surface area contributed by atoms with Crippen LogP contribution in [0.5, 0.6) is 0 Å². The molecule has 0 saturated carbocycles. The zero-order chi connectivity index (χ0) is 11.4. The summed E-state index contributed by atoms with van der Waals surface area (Å²) in [5, 5.41) is 9.31. The first-order valence-electron chi connectivity index (χ1n) is 4.64. The maximum absolute atomic E-state index is 8.70. The van der Waals surface area contributed by atoms with E-state index in [-0.39, 0.29) is 0 Å². The number of hydrogen-bond donors (Lipinski definition) is 0. The van der Waals surface area contributed by atoms with Gasteiger partial charge in [0.15, 0.2) is 0 Å². The molecular weight excluding hydrogens is 242 g/mol. The highest BCUT2D eigenvalue weighted by Gasteiger charge is 2.04. The van der Waals surface area contributed by atoms with Crippen LogP contribution in [0, 0.1) is 11.3 Å². The number of furan rings is 1. The minimum atomic E-state index is 0.576. The lowest BCUT2D eigenvalue weighted by atomic mass is 10.2. The Morgan fingerprint density at radius 1 is 1.38 bits per heavy atom. The van der Waals surface area contributed by atoms with Gasteiger partial charge in [0.1, 0.15) is 5.76 Å². The summed E-state index contributed by atoms with van der Waals surface area (Å²) in [5.41, 5.74) is 0.576. The Kier molecular flexibility index (Phi) is 3.55. The third-order valence-electron chi connectivity index (χ3n) is 2.01. The smallest absolute Gasteiger partial charge is 0.113 e. The molecule has 0 aliphatic carbocycles. The molecule has 0 bridgehead atoms. The van der Waals surface area contributed by atoms with E-state index in [1.54, 1.807) is 30.2 Å². The van der Waals surface area contributed by atoms with Crippen LogP contribution in [0.4, 0.5) is 0 Å². The van der Waals surface area contributed by atoms with Gasteiger partial charge >= 0.3 is 0 Å². The normalized spacial score (nSPS) is 10.0. The Balaban J connectivity index is 2.08. The van der Waals surface area contributed by atoms with Gasteiger partial charge in [-0.15, -0.1) is 11.8 Å². The van der Waals surface area contributed by atoms with E-state index in [9.17, 15) is 0 Å². The van der Waals surface area contributed by atoms with Crippen molar-refractivity contribution in [2.24, 2.45) is 0 Å². The largest absolute Gasteiger partial charge is 0.468 e. The van der Waals surface area contributed by atoms with Crippen LogP contribution < -0.4 is 0 Å². The number of rotatable bonds is 3. The van der Waals surface area contributed by atoms with Crippen LogP contribution in [-0.2, 0) is 5.75 Å². The van der Waals surface area contributed by atoms with E-state index in [1.807, 2.05) is 18.2 Å². The van der Waals surface area contributed by atoms with Crippen molar-refractivity contribution in [3.8, 4) is 6.07 Å². The average Bonchev–Trinajstić information content (AvgIpc) is 2.80. The average molecular weight is 250 g/mol. The molecule has 0 fully saturated rings. The molecule has 4 heteroatoms. The van der Waals surface area contributed by atoms with E-state index < -0.39 is 0 Å². The number of nitrogens with zero attached hydrogens (tertiary/aromatic N) is 1. The molecule has 1 heterocycles. The molecule has 2 rings (SSSR count). The van der Waals surface area contributed by atoms with Crippen molar-refractivity contribution in [2.45, 2.75) is 10.6 Å². The molecule has 1 aromatic heterocycles. The fourth-order valence-electron chi connectivity index (χ4n) is 1.23. The van der Waals surface area contributed by atoms with E-state index >= 15 is 0 Å². The summed E-state index contributed by atoms with van der Waals surface area (Å²) in [6, 6.07) is 11.1. The van der Waals surface area contributed by atoms with Gasteiger partial charge in [-0.3, -0.25) is 0 Å². The van der Waals surface area contributed by atoms with E-state index in [0.29, 0.717) is 10.6 Å². The van der Waals surface area contributed by atoms with Crippen LogP contribution in [0.15, 0.2) is 45.9 Å². The van der Waals surface area contributed by atoms with Gasteiger partial charge in [0.05, 0.1) is 28.7 Å². The first-order chi connectivity index (χ1) is 7.79. The van der Waals surface area contributed by atoms with Crippen molar-refractivity contribution in [1.82, 2.24) is 0 Å². The van der Waals surface area contributed by atoms with Crippen molar-refractivity contribution in [3.05, 3.63) is 52.9 Å². The molecule has 2 aromatic rings. The lowest BCUT2D eigenvalue weighted by molar-refractivity contribution is 0.530. The van der Waals surface area contributed by atoms with Crippen LogP contribution in [0.1, 0.15) is 11.3 Å². The van der Waals surface area contributed by atoms with Crippen molar-refractivity contribution in [3.63, 3.8) is 0 Å².